The van der Waals surface area contributed by atoms with E-state index in [0.717, 1.165) is 11.1 Å². The highest BCUT2D eigenvalue weighted by atomic mass is 16.6. The Morgan fingerprint density at radius 3 is 2.44 bits per heavy atom. The highest BCUT2D eigenvalue weighted by molar-refractivity contribution is 6.37. The minimum Gasteiger partial charge on any atom is -0.354 e. The molecule has 1 aliphatic rings. The number of hydrogen-bond acceptors (Lipinski definition) is 6. The fourth-order valence-electron chi connectivity index (χ4n) is 3.97. The molecule has 0 saturated carbocycles. The Morgan fingerprint density at radius 2 is 1.75 bits per heavy atom. The summed E-state index contributed by atoms with van der Waals surface area (Å²) in [7, 11) is 0. The number of hydrogen-bond donors (Lipinski definition) is 4. The van der Waals surface area contributed by atoms with Gasteiger partial charge in [0, 0.05) is 47.8 Å². The zero-order valence-electron chi connectivity index (χ0n) is 19.0. The topological polar surface area (TPSA) is 142 Å². The van der Waals surface area contributed by atoms with E-state index in [2.05, 4.69) is 25.9 Å². The van der Waals surface area contributed by atoms with E-state index >= 15 is 0 Å². The molecular formula is C26H20N6O4. The van der Waals surface area contributed by atoms with Crippen LogP contribution in [0.1, 0.15) is 18.1 Å². The number of nitro groups is 1. The lowest BCUT2D eigenvalue weighted by atomic mass is 9.99. The molecule has 0 atom stereocenters. The third kappa shape index (κ3) is 4.42. The lowest BCUT2D eigenvalue weighted by Crippen LogP contribution is -2.10. The number of nitro benzene ring substituents is 1. The maximum atomic E-state index is 13.0. The predicted molar refractivity (Wildman–Crippen MR) is 137 cm³/mol. The van der Waals surface area contributed by atoms with Gasteiger partial charge in [0.25, 0.3) is 11.6 Å². The van der Waals surface area contributed by atoms with Crippen LogP contribution in [0.15, 0.2) is 79.0 Å². The Hall–Kier alpha value is -5.25. The number of non-ortho nitro benzene ring substituents is 1. The summed E-state index contributed by atoms with van der Waals surface area (Å²) in [6.45, 7) is 1.41. The van der Waals surface area contributed by atoms with E-state index in [1.165, 1.54) is 25.1 Å². The number of amides is 2. The van der Waals surface area contributed by atoms with Crippen LogP contribution in [0.4, 0.5) is 23.0 Å². The third-order valence-electron chi connectivity index (χ3n) is 5.59. The number of H-pyrrole nitrogens is 1. The minimum atomic E-state index is -0.485. The highest BCUT2D eigenvalue weighted by Gasteiger charge is 2.30. The number of carbonyl (C=O) groups excluding carboxylic acids is 2. The minimum absolute atomic E-state index is 0.0999. The number of fused-ring (bicyclic) bond motifs is 1. The van der Waals surface area contributed by atoms with Gasteiger partial charge >= 0.3 is 0 Å². The molecular weight excluding hydrogens is 460 g/mol. The molecule has 4 aromatic rings. The highest BCUT2D eigenvalue weighted by Crippen LogP contribution is 2.39. The largest absolute Gasteiger partial charge is 0.354 e. The van der Waals surface area contributed by atoms with Crippen LogP contribution in [0.25, 0.3) is 22.5 Å². The van der Waals surface area contributed by atoms with Gasteiger partial charge in [-0.25, -0.2) is 4.98 Å². The van der Waals surface area contributed by atoms with Gasteiger partial charge in [0.1, 0.15) is 0 Å². The Bertz CT molecular complexity index is 1520. The predicted octanol–water partition coefficient (Wildman–Crippen LogP) is 4.88. The zero-order chi connectivity index (χ0) is 25.2. The van der Waals surface area contributed by atoms with Crippen LogP contribution in [0, 0.1) is 10.1 Å². The van der Waals surface area contributed by atoms with Gasteiger partial charge in [-0.1, -0.05) is 42.5 Å². The van der Waals surface area contributed by atoms with Crippen molar-refractivity contribution in [2.75, 3.05) is 16.0 Å². The maximum Gasteiger partial charge on any atom is 0.270 e. The fourth-order valence-corrected chi connectivity index (χ4v) is 3.97. The van der Waals surface area contributed by atoms with Crippen molar-refractivity contribution in [2.45, 2.75) is 6.92 Å². The van der Waals surface area contributed by atoms with E-state index in [1.807, 2.05) is 54.6 Å². The molecule has 2 amide bonds. The average Bonchev–Trinajstić information content (AvgIpc) is 3.46. The van der Waals surface area contributed by atoms with Gasteiger partial charge in [0.15, 0.2) is 0 Å². The number of nitrogens with one attached hydrogen (secondary N) is 4. The van der Waals surface area contributed by atoms with Crippen LogP contribution >= 0.6 is 0 Å². The first-order chi connectivity index (χ1) is 17.4. The van der Waals surface area contributed by atoms with Gasteiger partial charge in [-0.2, -0.15) is 0 Å². The van der Waals surface area contributed by atoms with Crippen molar-refractivity contribution in [3.63, 3.8) is 0 Å². The molecule has 0 aliphatic carbocycles. The van der Waals surface area contributed by atoms with Crippen molar-refractivity contribution in [3.8, 4) is 11.3 Å². The molecule has 178 valence electrons. The molecule has 0 bridgehead atoms. The molecule has 0 saturated heterocycles. The Morgan fingerprint density at radius 1 is 1.00 bits per heavy atom. The summed E-state index contributed by atoms with van der Waals surface area (Å²) in [6.07, 6.45) is 1.69. The second kappa shape index (κ2) is 9.18. The molecule has 0 spiro atoms. The monoisotopic (exact) mass is 480 g/mol. The third-order valence-corrected chi connectivity index (χ3v) is 5.59. The van der Waals surface area contributed by atoms with Crippen LogP contribution in [0.5, 0.6) is 0 Å². The van der Waals surface area contributed by atoms with Gasteiger partial charge < -0.3 is 15.6 Å². The Balaban J connectivity index is 1.53. The summed E-state index contributed by atoms with van der Waals surface area (Å²) in [4.78, 5) is 42.4. The SMILES string of the molecule is CC(=O)Nc1nc(-c2ccc(NC(=C3C(=O)Nc4ccc([N+](=O)[O-])cc43)c3ccccc3)cc2)c[nH]1. The van der Waals surface area contributed by atoms with Crippen molar-refractivity contribution < 1.29 is 14.5 Å². The summed E-state index contributed by atoms with van der Waals surface area (Å²) in [5.41, 5.74) is 4.64. The van der Waals surface area contributed by atoms with Gasteiger partial charge in [-0.3, -0.25) is 25.0 Å². The summed E-state index contributed by atoms with van der Waals surface area (Å²) in [6, 6.07) is 21.0. The molecule has 10 heteroatoms. The van der Waals surface area contributed by atoms with Crippen molar-refractivity contribution in [1.29, 1.82) is 0 Å². The molecule has 1 aliphatic heterocycles. The molecule has 5 rings (SSSR count). The Labute approximate surface area is 205 Å². The van der Waals surface area contributed by atoms with Crippen molar-refractivity contribution in [1.82, 2.24) is 9.97 Å². The zero-order valence-corrected chi connectivity index (χ0v) is 19.0. The molecule has 0 unspecified atom stereocenters. The van der Waals surface area contributed by atoms with Crippen molar-refractivity contribution in [2.24, 2.45) is 0 Å². The number of rotatable bonds is 6. The molecule has 1 aromatic heterocycles. The number of nitrogens with zero attached hydrogens (tertiary/aromatic N) is 2. The molecule has 3 aromatic carbocycles. The summed E-state index contributed by atoms with van der Waals surface area (Å²) in [5, 5.41) is 20.1. The standard InChI is InChI=1S/C26H20N6O4/c1-15(33)28-26-27-14-22(31-26)16-7-9-18(10-8-16)29-24(17-5-3-2-4-6-17)23-20-13-19(32(35)36)11-12-21(20)30-25(23)34/h2-14,29H,1H3,(H,30,34)(H2,27,28,31,33). The van der Waals surface area contributed by atoms with Gasteiger partial charge in [-0.15, -0.1) is 0 Å². The van der Waals surface area contributed by atoms with E-state index in [1.54, 1.807) is 6.20 Å². The second-order valence-corrected chi connectivity index (χ2v) is 8.08. The van der Waals surface area contributed by atoms with Crippen LogP contribution in [-0.4, -0.2) is 26.7 Å². The smallest absolute Gasteiger partial charge is 0.270 e. The van der Waals surface area contributed by atoms with E-state index in [9.17, 15) is 19.7 Å². The molecule has 2 heterocycles. The van der Waals surface area contributed by atoms with Gasteiger partial charge in [0.2, 0.25) is 11.9 Å². The number of anilines is 3. The first-order valence-corrected chi connectivity index (χ1v) is 11.0. The Kier molecular flexibility index (Phi) is 5.75. The van der Waals surface area contributed by atoms with Crippen LogP contribution in [-0.2, 0) is 9.59 Å². The quantitative estimate of drug-likeness (QED) is 0.176. The van der Waals surface area contributed by atoms with Crippen molar-refractivity contribution in [3.05, 3.63) is 100 Å². The average molecular weight is 480 g/mol. The normalized spacial score (nSPS) is 13.5. The first-order valence-electron chi connectivity index (χ1n) is 11.0. The van der Waals surface area contributed by atoms with Crippen LogP contribution in [0.2, 0.25) is 0 Å². The van der Waals surface area contributed by atoms with Crippen LogP contribution in [0.3, 0.4) is 0 Å². The first kappa shape index (κ1) is 22.5. The molecule has 36 heavy (non-hydrogen) atoms. The maximum absolute atomic E-state index is 13.0. The number of imidazole rings is 1. The second-order valence-electron chi connectivity index (χ2n) is 8.08. The van der Waals surface area contributed by atoms with E-state index in [0.29, 0.717) is 39.9 Å². The fraction of sp³-hybridized carbons (Fsp3) is 0.0385. The number of benzene rings is 3. The molecule has 0 radical (unpaired) electrons. The molecule has 10 nitrogen and oxygen atoms in total. The van der Waals surface area contributed by atoms with E-state index < -0.39 is 4.92 Å². The van der Waals surface area contributed by atoms with Gasteiger partial charge in [-0.05, 0) is 23.8 Å². The molecule has 0 fully saturated rings. The number of aromatic nitrogens is 2. The lowest BCUT2D eigenvalue weighted by Gasteiger charge is -2.15. The van der Waals surface area contributed by atoms with Crippen molar-refractivity contribution >= 4 is 46.1 Å². The lowest BCUT2D eigenvalue weighted by molar-refractivity contribution is -0.384. The summed E-state index contributed by atoms with van der Waals surface area (Å²) < 4.78 is 0. The van der Waals surface area contributed by atoms with E-state index in [-0.39, 0.29) is 17.5 Å². The molecule has 4 N–H and O–H groups in total. The number of carbonyl (C=O) groups is 2. The van der Waals surface area contributed by atoms with Crippen LogP contribution < -0.4 is 16.0 Å². The van der Waals surface area contributed by atoms with E-state index in [4.69, 9.17) is 0 Å². The van der Waals surface area contributed by atoms with Gasteiger partial charge in [0.05, 0.1) is 21.9 Å². The number of aromatic amines is 1. The summed E-state index contributed by atoms with van der Waals surface area (Å²) in [5.74, 6) is -0.217. The summed E-state index contributed by atoms with van der Waals surface area (Å²) >= 11 is 0.